The van der Waals surface area contributed by atoms with Gasteiger partial charge in [0.1, 0.15) is 0 Å². The average Bonchev–Trinajstić information content (AvgIpc) is 2.02. The Morgan fingerprint density at radius 2 is 1.92 bits per heavy atom. The maximum absolute atomic E-state index is 5.44. The van der Waals surface area contributed by atoms with Gasteiger partial charge in [-0.1, -0.05) is 6.92 Å². The van der Waals surface area contributed by atoms with Crippen LogP contribution in [-0.4, -0.2) is 36.7 Å². The predicted octanol–water partition coefficient (Wildman–Crippen LogP) is 2.14. The summed E-state index contributed by atoms with van der Waals surface area (Å²) in [6.07, 6.45) is 1.65. The molecule has 2 atom stereocenters. The third kappa shape index (κ3) is 2.68. The summed E-state index contributed by atoms with van der Waals surface area (Å²) >= 11 is 0. The van der Waals surface area contributed by atoms with E-state index in [1.807, 2.05) is 7.11 Å². The van der Waals surface area contributed by atoms with E-state index in [0.717, 1.165) is 0 Å². The van der Waals surface area contributed by atoms with Crippen molar-refractivity contribution in [1.82, 2.24) is 4.90 Å². The van der Waals surface area contributed by atoms with Crippen molar-refractivity contribution in [2.75, 3.05) is 20.2 Å². The van der Waals surface area contributed by atoms with E-state index in [9.17, 15) is 0 Å². The minimum Gasteiger partial charge on any atom is -0.381 e. The Morgan fingerprint density at radius 1 is 1.31 bits per heavy atom. The lowest BCUT2D eigenvalue weighted by atomic mass is 9.92. The number of hydrogen-bond acceptors (Lipinski definition) is 2. The number of rotatable bonds is 1. The number of ether oxygens (including phenoxy) is 1. The van der Waals surface area contributed by atoms with Gasteiger partial charge in [0.25, 0.3) is 0 Å². The van der Waals surface area contributed by atoms with Crippen LogP contribution in [0.3, 0.4) is 0 Å². The molecule has 0 aromatic carbocycles. The summed E-state index contributed by atoms with van der Waals surface area (Å²) in [5, 5.41) is 0. The van der Waals surface area contributed by atoms with Gasteiger partial charge in [0.15, 0.2) is 0 Å². The Morgan fingerprint density at radius 3 is 2.31 bits per heavy atom. The number of hydrogen-bond donors (Lipinski definition) is 0. The van der Waals surface area contributed by atoms with Crippen molar-refractivity contribution < 1.29 is 4.74 Å². The minimum atomic E-state index is 0.312. The lowest BCUT2D eigenvalue weighted by Gasteiger charge is -2.43. The van der Waals surface area contributed by atoms with Gasteiger partial charge < -0.3 is 4.74 Å². The Kier molecular flexibility index (Phi) is 3.36. The first kappa shape index (κ1) is 11.0. The molecule has 0 saturated carbocycles. The van der Waals surface area contributed by atoms with Gasteiger partial charge >= 0.3 is 0 Å². The van der Waals surface area contributed by atoms with Crippen molar-refractivity contribution in [3.63, 3.8) is 0 Å². The second-order valence-electron chi connectivity index (χ2n) is 5.16. The molecule has 0 aromatic rings. The zero-order valence-corrected chi connectivity index (χ0v) is 9.63. The number of likely N-dealkylation sites (tertiary alicyclic amines) is 1. The third-order valence-electron chi connectivity index (χ3n) is 3.08. The zero-order valence-electron chi connectivity index (χ0n) is 9.63. The first-order chi connectivity index (χ1) is 5.95. The number of methoxy groups -OCH3 is 1. The average molecular weight is 185 g/mol. The van der Waals surface area contributed by atoms with Gasteiger partial charge in [-0.3, -0.25) is 4.90 Å². The van der Waals surface area contributed by atoms with E-state index in [1.165, 1.54) is 19.5 Å². The standard InChI is InChI=1S/C11H23NO/c1-9-8-12(11(2,3)4)7-6-10(9)13-5/h9-10H,6-8H2,1-5H3. The molecule has 1 rings (SSSR count). The monoisotopic (exact) mass is 185 g/mol. The molecule has 1 aliphatic rings. The highest BCUT2D eigenvalue weighted by Gasteiger charge is 2.31. The molecule has 1 saturated heterocycles. The van der Waals surface area contributed by atoms with Crippen LogP contribution in [0.4, 0.5) is 0 Å². The fourth-order valence-corrected chi connectivity index (χ4v) is 2.08. The lowest BCUT2D eigenvalue weighted by molar-refractivity contribution is -0.0253. The molecule has 78 valence electrons. The van der Waals surface area contributed by atoms with Crippen LogP contribution < -0.4 is 0 Å². The van der Waals surface area contributed by atoms with Gasteiger partial charge in [-0.15, -0.1) is 0 Å². The van der Waals surface area contributed by atoms with Crippen molar-refractivity contribution in [3.8, 4) is 0 Å². The van der Waals surface area contributed by atoms with Gasteiger partial charge in [-0.25, -0.2) is 0 Å². The molecule has 1 heterocycles. The summed E-state index contributed by atoms with van der Waals surface area (Å²) in [5.74, 6) is 0.665. The molecule has 0 aromatic heterocycles. The lowest BCUT2D eigenvalue weighted by Crippen LogP contribution is -2.51. The van der Waals surface area contributed by atoms with Gasteiger partial charge in [-0.2, -0.15) is 0 Å². The topological polar surface area (TPSA) is 12.5 Å². The summed E-state index contributed by atoms with van der Waals surface area (Å²) in [6.45, 7) is 11.5. The molecule has 0 aliphatic carbocycles. The molecule has 0 amide bonds. The molecule has 13 heavy (non-hydrogen) atoms. The van der Waals surface area contributed by atoms with E-state index in [4.69, 9.17) is 4.74 Å². The smallest absolute Gasteiger partial charge is 0.0621 e. The quantitative estimate of drug-likeness (QED) is 0.620. The summed E-state index contributed by atoms with van der Waals surface area (Å²) in [7, 11) is 1.83. The zero-order chi connectivity index (χ0) is 10.1. The Balaban J connectivity index is 2.51. The highest BCUT2D eigenvalue weighted by Crippen LogP contribution is 2.24. The summed E-state index contributed by atoms with van der Waals surface area (Å²) in [6, 6.07) is 0. The van der Waals surface area contributed by atoms with Gasteiger partial charge in [0.05, 0.1) is 6.10 Å². The maximum Gasteiger partial charge on any atom is 0.0621 e. The van der Waals surface area contributed by atoms with E-state index in [2.05, 4.69) is 32.6 Å². The largest absolute Gasteiger partial charge is 0.381 e. The van der Waals surface area contributed by atoms with E-state index in [0.29, 0.717) is 17.6 Å². The molecule has 2 heteroatoms. The molecule has 2 unspecified atom stereocenters. The molecular weight excluding hydrogens is 162 g/mol. The Labute approximate surface area is 82.3 Å². The first-order valence-electron chi connectivity index (χ1n) is 5.23. The van der Waals surface area contributed by atoms with Crippen LogP contribution in [0.1, 0.15) is 34.1 Å². The van der Waals surface area contributed by atoms with Crippen LogP contribution in [0.15, 0.2) is 0 Å². The van der Waals surface area contributed by atoms with Crippen molar-refractivity contribution in [1.29, 1.82) is 0 Å². The predicted molar refractivity (Wildman–Crippen MR) is 55.9 cm³/mol. The second kappa shape index (κ2) is 3.97. The highest BCUT2D eigenvalue weighted by molar-refractivity contribution is 4.85. The summed E-state index contributed by atoms with van der Waals surface area (Å²) < 4.78 is 5.44. The van der Waals surface area contributed by atoms with Gasteiger partial charge in [-0.05, 0) is 33.1 Å². The Hall–Kier alpha value is -0.0800. The van der Waals surface area contributed by atoms with E-state index in [1.54, 1.807) is 0 Å². The van der Waals surface area contributed by atoms with Gasteiger partial charge in [0.2, 0.25) is 0 Å². The molecule has 0 N–H and O–H groups in total. The fraction of sp³-hybridized carbons (Fsp3) is 1.00. The summed E-state index contributed by atoms with van der Waals surface area (Å²) in [5.41, 5.74) is 0.312. The highest BCUT2D eigenvalue weighted by atomic mass is 16.5. The molecule has 2 nitrogen and oxygen atoms in total. The van der Waals surface area contributed by atoms with Crippen molar-refractivity contribution in [2.45, 2.75) is 45.8 Å². The summed E-state index contributed by atoms with van der Waals surface area (Å²) in [4.78, 5) is 2.55. The van der Waals surface area contributed by atoms with Crippen LogP contribution in [0.2, 0.25) is 0 Å². The molecule has 0 bridgehead atoms. The molecule has 0 spiro atoms. The second-order valence-corrected chi connectivity index (χ2v) is 5.16. The maximum atomic E-state index is 5.44. The van der Waals surface area contributed by atoms with Crippen molar-refractivity contribution in [2.24, 2.45) is 5.92 Å². The molecule has 1 aliphatic heterocycles. The molecular formula is C11H23NO. The van der Waals surface area contributed by atoms with Crippen LogP contribution in [-0.2, 0) is 4.74 Å². The number of piperidine rings is 1. The van der Waals surface area contributed by atoms with Crippen molar-refractivity contribution in [3.05, 3.63) is 0 Å². The Bertz CT molecular complexity index is 162. The minimum absolute atomic E-state index is 0.312. The third-order valence-corrected chi connectivity index (χ3v) is 3.08. The van der Waals surface area contributed by atoms with E-state index in [-0.39, 0.29) is 0 Å². The van der Waals surface area contributed by atoms with Crippen LogP contribution in [0.25, 0.3) is 0 Å². The van der Waals surface area contributed by atoms with Gasteiger partial charge in [0, 0.05) is 25.7 Å². The SMILES string of the molecule is COC1CCN(C(C)(C)C)CC1C. The van der Waals surface area contributed by atoms with Crippen LogP contribution in [0, 0.1) is 5.92 Å². The van der Waals surface area contributed by atoms with E-state index >= 15 is 0 Å². The normalized spacial score (nSPS) is 32.1. The molecule has 0 radical (unpaired) electrons. The first-order valence-corrected chi connectivity index (χ1v) is 5.23. The van der Waals surface area contributed by atoms with Crippen LogP contribution in [0.5, 0.6) is 0 Å². The fourth-order valence-electron chi connectivity index (χ4n) is 2.08. The molecule has 1 fully saturated rings. The van der Waals surface area contributed by atoms with E-state index < -0.39 is 0 Å². The van der Waals surface area contributed by atoms with Crippen molar-refractivity contribution >= 4 is 0 Å². The number of nitrogens with zero attached hydrogens (tertiary/aromatic N) is 1. The van der Waals surface area contributed by atoms with Crippen LogP contribution >= 0.6 is 0 Å².